The molecule has 0 bridgehead atoms. The van der Waals surface area contributed by atoms with E-state index >= 15 is 0 Å². The molecule has 0 aliphatic carbocycles. The van der Waals surface area contributed by atoms with E-state index in [0.29, 0.717) is 22.4 Å². The number of aromatic hydroxyl groups is 1. The second-order valence-electron chi connectivity index (χ2n) is 4.04. The SMILES string of the molecule is COCCN1C(=O)C(=Cc2ccc(O)c(I)c2)SC1=S. The number of carbonyl (C=O) groups excluding carboxylic acids is 1. The number of benzene rings is 1. The fourth-order valence-corrected chi connectivity index (χ4v) is 3.49. The molecule has 1 N–H and O–H groups in total. The number of halogens is 1. The lowest BCUT2D eigenvalue weighted by molar-refractivity contribution is -0.122. The molecular formula is C13H12INO3S2. The second-order valence-corrected chi connectivity index (χ2v) is 6.87. The molecule has 0 radical (unpaired) electrons. The normalized spacial score (nSPS) is 17.3. The van der Waals surface area contributed by atoms with Gasteiger partial charge in [0.15, 0.2) is 0 Å². The summed E-state index contributed by atoms with van der Waals surface area (Å²) in [4.78, 5) is 14.4. The monoisotopic (exact) mass is 421 g/mol. The van der Waals surface area contributed by atoms with Crippen molar-refractivity contribution >= 4 is 62.9 Å². The maximum Gasteiger partial charge on any atom is 0.266 e. The summed E-state index contributed by atoms with van der Waals surface area (Å²) in [5.41, 5.74) is 0.861. The molecule has 0 spiro atoms. The summed E-state index contributed by atoms with van der Waals surface area (Å²) in [6.45, 7) is 0.919. The van der Waals surface area contributed by atoms with Crippen LogP contribution in [0.25, 0.3) is 6.08 Å². The van der Waals surface area contributed by atoms with E-state index < -0.39 is 0 Å². The number of nitrogens with zero attached hydrogens (tertiary/aromatic N) is 1. The van der Waals surface area contributed by atoms with Crippen molar-refractivity contribution in [1.82, 2.24) is 4.90 Å². The number of methoxy groups -OCH3 is 1. The minimum absolute atomic E-state index is 0.0971. The molecule has 1 heterocycles. The molecule has 1 amide bonds. The van der Waals surface area contributed by atoms with Crippen molar-refractivity contribution in [2.75, 3.05) is 20.3 Å². The number of hydrogen-bond acceptors (Lipinski definition) is 5. The lowest BCUT2D eigenvalue weighted by Crippen LogP contribution is -2.31. The van der Waals surface area contributed by atoms with Gasteiger partial charge in [-0.05, 0) is 46.4 Å². The third-order valence-corrected chi connectivity index (χ3v) is 4.90. The Labute approximate surface area is 140 Å². The molecular weight excluding hydrogens is 409 g/mol. The van der Waals surface area contributed by atoms with E-state index in [0.717, 1.165) is 9.13 Å². The van der Waals surface area contributed by atoms with E-state index in [1.54, 1.807) is 30.2 Å². The summed E-state index contributed by atoms with van der Waals surface area (Å²) < 4.78 is 6.26. The van der Waals surface area contributed by atoms with Gasteiger partial charge in [-0.25, -0.2) is 0 Å². The molecule has 1 aliphatic heterocycles. The summed E-state index contributed by atoms with van der Waals surface area (Å²) in [5, 5.41) is 9.49. The van der Waals surface area contributed by atoms with Crippen molar-refractivity contribution in [2.45, 2.75) is 0 Å². The summed E-state index contributed by atoms with van der Waals surface area (Å²) in [6, 6.07) is 5.19. The van der Waals surface area contributed by atoms with Crippen LogP contribution in [0.1, 0.15) is 5.56 Å². The Bertz CT molecular complexity index is 589. The number of rotatable bonds is 4. The van der Waals surface area contributed by atoms with Crippen LogP contribution in [0.5, 0.6) is 5.75 Å². The van der Waals surface area contributed by atoms with E-state index in [-0.39, 0.29) is 11.7 Å². The third-order valence-electron chi connectivity index (χ3n) is 2.66. The Balaban J connectivity index is 2.20. The van der Waals surface area contributed by atoms with Crippen LogP contribution in [0.3, 0.4) is 0 Å². The van der Waals surface area contributed by atoms with Crippen LogP contribution in [0, 0.1) is 3.57 Å². The third kappa shape index (κ3) is 3.51. The number of amides is 1. The highest BCUT2D eigenvalue weighted by Gasteiger charge is 2.31. The van der Waals surface area contributed by atoms with Crippen molar-refractivity contribution in [3.05, 3.63) is 32.2 Å². The molecule has 1 aromatic carbocycles. The minimum Gasteiger partial charge on any atom is -0.507 e. The van der Waals surface area contributed by atoms with Crippen molar-refractivity contribution in [2.24, 2.45) is 0 Å². The van der Waals surface area contributed by atoms with Crippen LogP contribution >= 0.6 is 46.6 Å². The van der Waals surface area contributed by atoms with Gasteiger partial charge >= 0.3 is 0 Å². The molecule has 1 aromatic rings. The molecule has 106 valence electrons. The van der Waals surface area contributed by atoms with Gasteiger partial charge in [0.1, 0.15) is 10.1 Å². The number of phenols is 1. The highest BCUT2D eigenvalue weighted by atomic mass is 127. The number of hydrogen-bond donors (Lipinski definition) is 1. The molecule has 1 fully saturated rings. The first kappa shape index (κ1) is 15.7. The van der Waals surface area contributed by atoms with Crippen molar-refractivity contribution in [3.8, 4) is 5.75 Å². The van der Waals surface area contributed by atoms with E-state index in [9.17, 15) is 9.90 Å². The first-order valence-corrected chi connectivity index (χ1v) is 8.06. The van der Waals surface area contributed by atoms with Crippen LogP contribution in [-0.2, 0) is 9.53 Å². The number of ether oxygens (including phenoxy) is 1. The Morgan fingerprint density at radius 2 is 2.30 bits per heavy atom. The smallest absolute Gasteiger partial charge is 0.266 e. The number of phenolic OH excluding ortho intramolecular Hbond substituents is 1. The van der Waals surface area contributed by atoms with Crippen LogP contribution in [0.4, 0.5) is 0 Å². The molecule has 0 unspecified atom stereocenters. The fourth-order valence-electron chi connectivity index (χ4n) is 1.64. The number of carbonyl (C=O) groups is 1. The highest BCUT2D eigenvalue weighted by molar-refractivity contribution is 14.1. The molecule has 0 saturated carbocycles. The van der Waals surface area contributed by atoms with Crippen LogP contribution in [0.2, 0.25) is 0 Å². The summed E-state index contributed by atoms with van der Waals surface area (Å²) >= 11 is 8.53. The summed E-state index contributed by atoms with van der Waals surface area (Å²) in [5.74, 6) is 0.135. The molecule has 1 saturated heterocycles. The van der Waals surface area contributed by atoms with Gasteiger partial charge in [-0.15, -0.1) is 0 Å². The fraction of sp³-hybridized carbons (Fsp3) is 0.231. The maximum atomic E-state index is 12.2. The molecule has 7 heteroatoms. The first-order valence-electron chi connectivity index (χ1n) is 5.75. The van der Waals surface area contributed by atoms with E-state index in [1.807, 2.05) is 28.7 Å². The molecule has 1 aliphatic rings. The van der Waals surface area contributed by atoms with Gasteiger partial charge in [-0.1, -0.05) is 30.0 Å². The van der Waals surface area contributed by atoms with Gasteiger partial charge in [-0.2, -0.15) is 0 Å². The van der Waals surface area contributed by atoms with Crippen molar-refractivity contribution < 1.29 is 14.6 Å². The predicted octanol–water partition coefficient (Wildman–Crippen LogP) is 2.84. The van der Waals surface area contributed by atoms with Crippen LogP contribution < -0.4 is 0 Å². The maximum absolute atomic E-state index is 12.2. The Hall–Kier alpha value is -0.640. The topological polar surface area (TPSA) is 49.8 Å². The summed E-state index contributed by atoms with van der Waals surface area (Å²) in [7, 11) is 1.59. The van der Waals surface area contributed by atoms with Gasteiger partial charge in [0.2, 0.25) is 0 Å². The minimum atomic E-state index is -0.0971. The standard InChI is InChI=1S/C13H12INO3S2/c1-18-5-4-15-12(17)11(20-13(15)19)7-8-2-3-10(16)9(14)6-8/h2-3,6-7,16H,4-5H2,1H3. The van der Waals surface area contributed by atoms with Crippen molar-refractivity contribution in [3.63, 3.8) is 0 Å². The Kier molecular flexibility index (Phi) is 5.42. The highest BCUT2D eigenvalue weighted by Crippen LogP contribution is 2.33. The van der Waals surface area contributed by atoms with Gasteiger partial charge < -0.3 is 9.84 Å². The zero-order chi connectivity index (χ0) is 14.7. The first-order chi connectivity index (χ1) is 9.52. The van der Waals surface area contributed by atoms with Crippen LogP contribution in [-0.4, -0.2) is 40.5 Å². The van der Waals surface area contributed by atoms with Gasteiger partial charge in [0, 0.05) is 7.11 Å². The van der Waals surface area contributed by atoms with Crippen LogP contribution in [0.15, 0.2) is 23.1 Å². The van der Waals surface area contributed by atoms with E-state index in [4.69, 9.17) is 17.0 Å². The number of thioether (sulfide) groups is 1. The Morgan fingerprint density at radius 1 is 1.55 bits per heavy atom. The quantitative estimate of drug-likeness (QED) is 0.461. The van der Waals surface area contributed by atoms with Gasteiger partial charge in [0.25, 0.3) is 5.91 Å². The average molecular weight is 421 g/mol. The van der Waals surface area contributed by atoms with Gasteiger partial charge in [0.05, 0.1) is 21.6 Å². The summed E-state index contributed by atoms with van der Waals surface area (Å²) in [6.07, 6.45) is 1.79. The molecule has 2 rings (SSSR count). The molecule has 20 heavy (non-hydrogen) atoms. The zero-order valence-corrected chi connectivity index (χ0v) is 14.4. The predicted molar refractivity (Wildman–Crippen MR) is 92.6 cm³/mol. The zero-order valence-electron chi connectivity index (χ0n) is 10.6. The van der Waals surface area contributed by atoms with E-state index in [2.05, 4.69) is 0 Å². The van der Waals surface area contributed by atoms with Crippen molar-refractivity contribution in [1.29, 1.82) is 0 Å². The average Bonchev–Trinajstić information content (AvgIpc) is 2.67. The second kappa shape index (κ2) is 6.88. The van der Waals surface area contributed by atoms with Gasteiger partial charge in [-0.3, -0.25) is 9.69 Å². The molecule has 0 atom stereocenters. The van der Waals surface area contributed by atoms with E-state index in [1.165, 1.54) is 11.8 Å². The molecule has 4 nitrogen and oxygen atoms in total. The lowest BCUT2D eigenvalue weighted by atomic mass is 10.2. The lowest BCUT2D eigenvalue weighted by Gasteiger charge is -2.12. The molecule has 0 aromatic heterocycles. The Morgan fingerprint density at radius 3 is 2.95 bits per heavy atom. The largest absolute Gasteiger partial charge is 0.507 e. The number of thiocarbonyl (C=S) groups is 1.